The highest BCUT2D eigenvalue weighted by Crippen LogP contribution is 2.36. The molecule has 8 N–H and O–H groups in total. The first-order valence-corrected chi connectivity index (χ1v) is 13.2. The van der Waals surface area contributed by atoms with Gasteiger partial charge in [-0.25, -0.2) is 4.79 Å². The lowest BCUT2D eigenvalue weighted by Crippen LogP contribution is -2.65. The number of aliphatic carboxylic acids is 1. The van der Waals surface area contributed by atoms with E-state index in [9.17, 15) is 50.4 Å². The van der Waals surface area contributed by atoms with Crippen LogP contribution in [0.3, 0.4) is 0 Å². The summed E-state index contributed by atoms with van der Waals surface area (Å²) in [5.41, 5.74) is -0.493. The number of aliphatic hydroxyl groups is 5. The lowest BCUT2D eigenvalue weighted by molar-refractivity contribution is -0.351. The van der Waals surface area contributed by atoms with Gasteiger partial charge < -0.3 is 69.0 Å². The Hall–Kier alpha value is -4.00. The molecule has 3 aromatic rings. The van der Waals surface area contributed by atoms with Crippen LogP contribution in [-0.4, -0.2) is 115 Å². The Labute approximate surface area is 247 Å². The zero-order valence-electron chi connectivity index (χ0n) is 23.1. The van der Waals surface area contributed by atoms with Gasteiger partial charge in [0.2, 0.25) is 6.29 Å². The molecule has 0 spiro atoms. The highest BCUT2D eigenvalue weighted by Gasteiger charge is 2.52. The summed E-state index contributed by atoms with van der Waals surface area (Å²) in [6, 6.07) is 7.46. The van der Waals surface area contributed by atoms with Crippen LogP contribution >= 0.6 is 0 Å². The number of aliphatic hydroxyl groups excluding tert-OH is 5. The van der Waals surface area contributed by atoms with Crippen molar-refractivity contribution < 1.29 is 73.7 Å². The summed E-state index contributed by atoms with van der Waals surface area (Å²) in [5, 5.41) is 81.6. The molecule has 0 radical (unpaired) electrons. The average molecular weight is 623 g/mol. The Bertz CT molecular complexity index is 1590. The van der Waals surface area contributed by atoms with E-state index in [4.69, 9.17) is 28.1 Å². The predicted octanol–water partition coefficient (Wildman–Crippen LogP) is -0.997. The highest BCUT2D eigenvalue weighted by molar-refractivity contribution is 5.86. The van der Waals surface area contributed by atoms with E-state index in [1.54, 1.807) is 0 Å². The van der Waals surface area contributed by atoms with Gasteiger partial charge >= 0.3 is 5.97 Å². The van der Waals surface area contributed by atoms with E-state index < -0.39 is 78.6 Å². The van der Waals surface area contributed by atoms with E-state index in [1.165, 1.54) is 38.3 Å². The molecule has 0 amide bonds. The molecule has 0 bridgehead atoms. The van der Waals surface area contributed by atoms with E-state index in [0.717, 1.165) is 12.1 Å². The van der Waals surface area contributed by atoms with Crippen molar-refractivity contribution in [1.29, 1.82) is 0 Å². The summed E-state index contributed by atoms with van der Waals surface area (Å²) in [4.78, 5) is 24.7. The number of carboxylic acid groups (broad SMARTS) is 1. The SMILES string of the molecule is COc1cc(-c2cc(=O)c3c(O)cc(O[C@@H]4O[C@H](C(=O)O)[C@@H](O)[C@H](O)[C@H]4O[C@@H]4O[C@@H](C)[C@H](O)[C@@H](O)[C@H]4O)cc3o2)ccc1O. The second kappa shape index (κ2) is 12.2. The second-order valence-electron chi connectivity index (χ2n) is 10.3. The van der Waals surface area contributed by atoms with Gasteiger partial charge in [0.1, 0.15) is 58.7 Å². The molecule has 2 aliphatic heterocycles. The van der Waals surface area contributed by atoms with Crippen LogP contribution in [-0.2, 0) is 19.0 Å². The lowest BCUT2D eigenvalue weighted by Gasteiger charge is -2.45. The quantitative estimate of drug-likeness (QED) is 0.157. The molecule has 0 unspecified atom stereocenters. The summed E-state index contributed by atoms with van der Waals surface area (Å²) in [6.45, 7) is 1.38. The Morgan fingerprint density at radius 2 is 1.57 bits per heavy atom. The Morgan fingerprint density at radius 1 is 0.841 bits per heavy atom. The maximum atomic E-state index is 12.9. The topological polar surface area (TPSA) is 255 Å². The summed E-state index contributed by atoms with van der Waals surface area (Å²) in [7, 11) is 1.33. The molecular weight excluding hydrogens is 592 g/mol. The molecule has 3 heterocycles. The van der Waals surface area contributed by atoms with Gasteiger partial charge in [0.05, 0.1) is 13.2 Å². The van der Waals surface area contributed by atoms with Crippen molar-refractivity contribution in [3.8, 4) is 34.3 Å². The number of methoxy groups -OCH3 is 1. The standard InChI is InChI=1S/C28H30O16/c1-9-19(32)20(33)23(36)27(40-9)44-25-22(35)21(34)24(26(37)38)43-28(25)41-11-6-13(30)18-14(31)8-15(42-17(18)7-11)10-3-4-12(29)16(5-10)39-2/h3-9,19-25,27-30,32-36H,1-2H3,(H,37,38)/t9-,19-,20+,21-,22-,23+,24-,25+,27-,28+/m0/s1. The molecule has 2 saturated heterocycles. The first-order valence-electron chi connectivity index (χ1n) is 13.2. The first kappa shape index (κ1) is 31.4. The van der Waals surface area contributed by atoms with E-state index in [1.807, 2.05) is 0 Å². The molecule has 44 heavy (non-hydrogen) atoms. The first-order chi connectivity index (χ1) is 20.8. The minimum atomic E-state index is -2.04. The smallest absolute Gasteiger partial charge is 0.335 e. The highest BCUT2D eigenvalue weighted by atomic mass is 16.8. The number of phenolic OH excluding ortho intramolecular Hbond substituents is 2. The third kappa shape index (κ3) is 5.76. The molecule has 16 heteroatoms. The van der Waals surface area contributed by atoms with E-state index in [2.05, 4.69) is 0 Å². The van der Waals surface area contributed by atoms with Gasteiger partial charge in [-0.3, -0.25) is 4.79 Å². The fourth-order valence-electron chi connectivity index (χ4n) is 4.98. The minimum Gasteiger partial charge on any atom is -0.507 e. The van der Waals surface area contributed by atoms with Crippen molar-refractivity contribution in [2.45, 2.75) is 68.3 Å². The fraction of sp³-hybridized carbons (Fsp3) is 0.429. The molecule has 238 valence electrons. The van der Waals surface area contributed by atoms with E-state index in [-0.39, 0.29) is 34.0 Å². The zero-order chi connectivity index (χ0) is 32.0. The number of benzene rings is 2. The van der Waals surface area contributed by atoms with Crippen molar-refractivity contribution in [3.63, 3.8) is 0 Å². The van der Waals surface area contributed by atoms with E-state index in [0.29, 0.717) is 5.56 Å². The number of carbonyl (C=O) groups is 1. The predicted molar refractivity (Wildman–Crippen MR) is 144 cm³/mol. The Morgan fingerprint density at radius 3 is 2.25 bits per heavy atom. The van der Waals surface area contributed by atoms with E-state index >= 15 is 0 Å². The number of aromatic hydroxyl groups is 2. The lowest BCUT2D eigenvalue weighted by atomic mass is 9.97. The molecule has 5 rings (SSSR count). The molecule has 10 atom stereocenters. The van der Waals surface area contributed by atoms with Gasteiger partial charge in [0.25, 0.3) is 0 Å². The summed E-state index contributed by atoms with van der Waals surface area (Å²) < 4.78 is 33.1. The largest absolute Gasteiger partial charge is 0.507 e. The monoisotopic (exact) mass is 622 g/mol. The number of ether oxygens (including phenoxy) is 5. The number of fused-ring (bicyclic) bond motifs is 1. The zero-order valence-corrected chi connectivity index (χ0v) is 23.1. The van der Waals surface area contributed by atoms with Crippen LogP contribution in [0.1, 0.15) is 6.92 Å². The average Bonchev–Trinajstić information content (AvgIpc) is 2.97. The molecular formula is C28H30O16. The van der Waals surface area contributed by atoms with Crippen LogP contribution in [0.2, 0.25) is 0 Å². The number of hydrogen-bond acceptors (Lipinski definition) is 15. The number of rotatable bonds is 7. The molecule has 2 aromatic carbocycles. The van der Waals surface area contributed by atoms with Crippen LogP contribution in [0, 0.1) is 0 Å². The number of carboxylic acids is 1. The summed E-state index contributed by atoms with van der Waals surface area (Å²) in [5.74, 6) is -2.56. The summed E-state index contributed by atoms with van der Waals surface area (Å²) in [6.07, 6.45) is -17.4. The van der Waals surface area contributed by atoms with Crippen LogP contribution in [0.5, 0.6) is 23.0 Å². The van der Waals surface area contributed by atoms with Gasteiger partial charge in [-0.05, 0) is 25.1 Å². The molecule has 0 aliphatic carbocycles. The van der Waals surface area contributed by atoms with Crippen molar-refractivity contribution in [2.75, 3.05) is 7.11 Å². The van der Waals surface area contributed by atoms with Crippen LogP contribution < -0.4 is 14.9 Å². The van der Waals surface area contributed by atoms with Crippen LogP contribution in [0.15, 0.2) is 45.6 Å². The molecule has 2 aliphatic rings. The van der Waals surface area contributed by atoms with Gasteiger partial charge in [0, 0.05) is 23.8 Å². The van der Waals surface area contributed by atoms with Crippen LogP contribution in [0.4, 0.5) is 0 Å². The van der Waals surface area contributed by atoms with Gasteiger partial charge in [-0.2, -0.15) is 0 Å². The van der Waals surface area contributed by atoms with Crippen molar-refractivity contribution >= 4 is 16.9 Å². The minimum absolute atomic E-state index is 0.0234. The third-order valence-electron chi connectivity index (χ3n) is 7.39. The second-order valence-corrected chi connectivity index (χ2v) is 10.3. The van der Waals surface area contributed by atoms with Crippen LogP contribution in [0.25, 0.3) is 22.3 Å². The third-order valence-corrected chi connectivity index (χ3v) is 7.39. The maximum Gasteiger partial charge on any atom is 0.335 e. The Kier molecular flexibility index (Phi) is 8.70. The Balaban J connectivity index is 1.50. The number of hydrogen-bond donors (Lipinski definition) is 8. The molecule has 0 saturated carbocycles. The fourth-order valence-corrected chi connectivity index (χ4v) is 4.98. The van der Waals surface area contributed by atoms with Crippen molar-refractivity contribution in [1.82, 2.24) is 0 Å². The van der Waals surface area contributed by atoms with Crippen molar-refractivity contribution in [2.24, 2.45) is 0 Å². The maximum absolute atomic E-state index is 12.9. The molecule has 2 fully saturated rings. The summed E-state index contributed by atoms with van der Waals surface area (Å²) >= 11 is 0. The molecule has 16 nitrogen and oxygen atoms in total. The normalized spacial score (nSPS) is 32.3. The van der Waals surface area contributed by atoms with Gasteiger partial charge in [0.15, 0.2) is 35.4 Å². The van der Waals surface area contributed by atoms with Gasteiger partial charge in [-0.15, -0.1) is 0 Å². The number of phenols is 2. The van der Waals surface area contributed by atoms with Gasteiger partial charge in [-0.1, -0.05) is 0 Å². The van der Waals surface area contributed by atoms with Crippen molar-refractivity contribution in [3.05, 3.63) is 46.6 Å². The molecule has 1 aromatic heterocycles.